The molecule has 0 aromatic heterocycles. The quantitative estimate of drug-likeness (QED) is 0.622. The molecule has 114 valence electrons. The van der Waals surface area contributed by atoms with E-state index in [1.54, 1.807) is 12.1 Å². The molecule has 1 aromatic rings. The van der Waals surface area contributed by atoms with Crippen LogP contribution in [0.2, 0.25) is 0 Å². The number of ether oxygens (including phenoxy) is 3. The first-order valence-electron chi connectivity index (χ1n) is 6.91. The first-order chi connectivity index (χ1) is 10.3. The van der Waals surface area contributed by atoms with Crippen LogP contribution in [-0.4, -0.2) is 12.8 Å². The molecule has 22 heavy (non-hydrogen) atoms. The summed E-state index contributed by atoms with van der Waals surface area (Å²) in [7, 11) is 0. The molecular weight excluding hydrogens is 280 g/mol. The summed E-state index contributed by atoms with van der Waals surface area (Å²) in [5.74, 6) is 9.32. The third kappa shape index (κ3) is 3.54. The highest BCUT2D eigenvalue weighted by Crippen LogP contribution is 2.41. The summed E-state index contributed by atoms with van der Waals surface area (Å²) in [4.78, 5) is 11.3. The van der Waals surface area contributed by atoms with E-state index >= 15 is 0 Å². The number of rotatable bonds is 2. The molecule has 0 saturated carbocycles. The van der Waals surface area contributed by atoms with Gasteiger partial charge in [-0.1, -0.05) is 17.8 Å². The molecule has 0 fully saturated rings. The maximum absolute atomic E-state index is 11.3. The van der Waals surface area contributed by atoms with Crippen LogP contribution in [0.1, 0.15) is 44.9 Å². The average Bonchev–Trinajstić information content (AvgIpc) is 2.89. The van der Waals surface area contributed by atoms with Gasteiger partial charge in [0.15, 0.2) is 17.6 Å². The monoisotopic (exact) mass is 298 g/mol. The van der Waals surface area contributed by atoms with Gasteiger partial charge in [-0.3, -0.25) is 4.79 Å². The highest BCUT2D eigenvalue weighted by atomic mass is 16.7. The van der Waals surface area contributed by atoms with Gasteiger partial charge >= 0.3 is 5.97 Å². The van der Waals surface area contributed by atoms with Crippen molar-refractivity contribution in [3.05, 3.63) is 23.3 Å². The van der Waals surface area contributed by atoms with E-state index in [1.165, 1.54) is 6.92 Å². The fraction of sp³-hybridized carbons (Fsp3) is 0.389. The van der Waals surface area contributed by atoms with Crippen LogP contribution < -0.4 is 9.47 Å². The fourth-order valence-corrected chi connectivity index (χ4v) is 1.96. The predicted molar refractivity (Wildman–Crippen MR) is 82.2 cm³/mol. The Hall–Kier alpha value is -2.59. The van der Waals surface area contributed by atoms with Crippen molar-refractivity contribution >= 4 is 5.97 Å². The molecule has 0 amide bonds. The van der Waals surface area contributed by atoms with Gasteiger partial charge < -0.3 is 14.2 Å². The van der Waals surface area contributed by atoms with Crippen LogP contribution >= 0.6 is 0 Å². The molecule has 1 unspecified atom stereocenters. The molecule has 4 nitrogen and oxygen atoms in total. The lowest BCUT2D eigenvalue weighted by molar-refractivity contribution is -0.144. The van der Waals surface area contributed by atoms with E-state index in [0.717, 1.165) is 0 Å². The molecule has 1 atom stereocenters. The Morgan fingerprint density at radius 3 is 2.68 bits per heavy atom. The SMILES string of the molecule is C#CC(OC(C)=O)c1c(C#CC(C)(C)C)ccc2c1OCO2. The third-order valence-corrected chi connectivity index (χ3v) is 2.85. The molecule has 1 heterocycles. The van der Waals surface area contributed by atoms with Crippen molar-refractivity contribution in [1.82, 2.24) is 0 Å². The van der Waals surface area contributed by atoms with Crippen molar-refractivity contribution in [1.29, 1.82) is 0 Å². The van der Waals surface area contributed by atoms with Gasteiger partial charge in [0, 0.05) is 17.9 Å². The van der Waals surface area contributed by atoms with Gasteiger partial charge in [0.05, 0.1) is 5.56 Å². The molecule has 0 spiro atoms. The average molecular weight is 298 g/mol. The van der Waals surface area contributed by atoms with Crippen LogP contribution in [0.15, 0.2) is 12.1 Å². The standard InChI is InChI=1S/C18H18O4/c1-6-14(22-12(2)19)16-13(9-10-18(3,4)5)7-8-15-17(16)21-11-20-15/h1,7-8,14H,11H2,2-5H3. The van der Waals surface area contributed by atoms with Crippen LogP contribution in [0.5, 0.6) is 11.5 Å². The van der Waals surface area contributed by atoms with Crippen LogP contribution in [0.3, 0.4) is 0 Å². The van der Waals surface area contributed by atoms with Crippen LogP contribution in [0, 0.1) is 29.6 Å². The number of hydrogen-bond donors (Lipinski definition) is 0. The molecule has 1 aliphatic rings. The molecule has 1 aromatic carbocycles. The maximum atomic E-state index is 11.3. The number of esters is 1. The van der Waals surface area contributed by atoms with Gasteiger partial charge in [-0.15, -0.1) is 6.42 Å². The van der Waals surface area contributed by atoms with E-state index in [2.05, 4.69) is 17.8 Å². The summed E-state index contributed by atoms with van der Waals surface area (Å²) in [5, 5.41) is 0. The van der Waals surface area contributed by atoms with Crippen LogP contribution in [0.25, 0.3) is 0 Å². The number of terminal acetylenes is 1. The van der Waals surface area contributed by atoms with Crippen LogP contribution in [-0.2, 0) is 9.53 Å². The molecule has 4 heteroatoms. The number of fused-ring (bicyclic) bond motifs is 1. The number of carbonyl (C=O) groups excluding carboxylic acids is 1. The van der Waals surface area contributed by atoms with Crippen molar-refractivity contribution in [3.63, 3.8) is 0 Å². The van der Waals surface area contributed by atoms with Crippen molar-refractivity contribution in [3.8, 4) is 35.7 Å². The second kappa shape index (κ2) is 6.03. The van der Waals surface area contributed by atoms with Gasteiger partial charge in [0.1, 0.15) is 0 Å². The summed E-state index contributed by atoms with van der Waals surface area (Å²) < 4.78 is 16.1. The zero-order valence-corrected chi connectivity index (χ0v) is 13.1. The normalized spacial score (nSPS) is 13.6. The lowest BCUT2D eigenvalue weighted by Gasteiger charge is -2.16. The largest absolute Gasteiger partial charge is 0.454 e. The molecule has 0 N–H and O–H groups in total. The predicted octanol–water partition coefficient (Wildman–Crippen LogP) is 3.05. The van der Waals surface area contributed by atoms with Gasteiger partial charge in [0.25, 0.3) is 0 Å². The third-order valence-electron chi connectivity index (χ3n) is 2.85. The lowest BCUT2D eigenvalue weighted by Crippen LogP contribution is -2.09. The second-order valence-corrected chi connectivity index (χ2v) is 5.92. The smallest absolute Gasteiger partial charge is 0.304 e. The van der Waals surface area contributed by atoms with Gasteiger partial charge in [-0.2, -0.15) is 0 Å². The summed E-state index contributed by atoms with van der Waals surface area (Å²) in [5.41, 5.74) is 1.06. The highest BCUT2D eigenvalue weighted by molar-refractivity contribution is 5.68. The van der Waals surface area contributed by atoms with Crippen molar-refractivity contribution < 1.29 is 19.0 Å². The van der Waals surface area contributed by atoms with E-state index in [0.29, 0.717) is 22.6 Å². The summed E-state index contributed by atoms with van der Waals surface area (Å²) in [6.07, 6.45) is 4.66. The van der Waals surface area contributed by atoms with Gasteiger partial charge in [-0.25, -0.2) is 0 Å². The number of carbonyl (C=O) groups is 1. The number of hydrogen-bond acceptors (Lipinski definition) is 4. The summed E-state index contributed by atoms with van der Waals surface area (Å²) in [6.45, 7) is 7.45. The van der Waals surface area contributed by atoms with E-state index in [9.17, 15) is 4.79 Å². The Morgan fingerprint density at radius 1 is 1.36 bits per heavy atom. The van der Waals surface area contributed by atoms with E-state index in [1.807, 2.05) is 20.8 Å². The minimum absolute atomic E-state index is 0.107. The lowest BCUT2D eigenvalue weighted by atomic mass is 9.95. The van der Waals surface area contributed by atoms with Crippen molar-refractivity contribution in [2.24, 2.45) is 5.41 Å². The second-order valence-electron chi connectivity index (χ2n) is 5.92. The zero-order valence-electron chi connectivity index (χ0n) is 13.1. The minimum Gasteiger partial charge on any atom is -0.454 e. The molecular formula is C18H18O4. The first kappa shape index (κ1) is 15.8. The van der Waals surface area contributed by atoms with E-state index in [-0.39, 0.29) is 12.2 Å². The molecule has 0 saturated heterocycles. The first-order valence-corrected chi connectivity index (χ1v) is 6.91. The Labute approximate surface area is 130 Å². The Bertz CT molecular complexity index is 693. The summed E-state index contributed by atoms with van der Waals surface area (Å²) >= 11 is 0. The fourth-order valence-electron chi connectivity index (χ4n) is 1.96. The van der Waals surface area contributed by atoms with Crippen LogP contribution in [0.4, 0.5) is 0 Å². The van der Waals surface area contributed by atoms with Gasteiger partial charge in [0.2, 0.25) is 6.79 Å². The van der Waals surface area contributed by atoms with E-state index in [4.69, 9.17) is 20.6 Å². The van der Waals surface area contributed by atoms with E-state index < -0.39 is 12.1 Å². The molecule has 0 bridgehead atoms. The minimum atomic E-state index is -0.863. The van der Waals surface area contributed by atoms with Crippen molar-refractivity contribution in [2.45, 2.75) is 33.8 Å². The highest BCUT2D eigenvalue weighted by Gasteiger charge is 2.27. The molecule has 0 radical (unpaired) electrons. The Morgan fingerprint density at radius 2 is 2.09 bits per heavy atom. The Balaban J connectivity index is 2.57. The maximum Gasteiger partial charge on any atom is 0.304 e. The molecule has 1 aliphatic heterocycles. The van der Waals surface area contributed by atoms with Gasteiger partial charge in [-0.05, 0) is 32.9 Å². The molecule has 0 aliphatic carbocycles. The summed E-state index contributed by atoms with van der Waals surface area (Å²) in [6, 6.07) is 3.58. The topological polar surface area (TPSA) is 44.8 Å². The Kier molecular flexibility index (Phi) is 4.33. The molecule has 2 rings (SSSR count). The van der Waals surface area contributed by atoms with Crippen molar-refractivity contribution in [2.75, 3.05) is 6.79 Å². The zero-order chi connectivity index (χ0) is 16.3. The number of benzene rings is 1.